The lowest BCUT2D eigenvalue weighted by molar-refractivity contribution is -0.145. The van der Waals surface area contributed by atoms with E-state index < -0.39 is 12.1 Å². The highest BCUT2D eigenvalue weighted by Crippen LogP contribution is 2.30. The van der Waals surface area contributed by atoms with Gasteiger partial charge in [0.1, 0.15) is 17.9 Å². The summed E-state index contributed by atoms with van der Waals surface area (Å²) in [5.74, 6) is 0.555. The van der Waals surface area contributed by atoms with Gasteiger partial charge in [0.2, 0.25) is 11.8 Å². The SMILES string of the molecule is O=C(NCc1cccs1)[C@@H]1CN(C(=O)Oc2cccc3cncnc23)CCN1C(=O)[C@@H](CC1CCCCC1)NC1CCCCC1. The van der Waals surface area contributed by atoms with Crippen molar-refractivity contribution in [2.24, 2.45) is 5.92 Å². The van der Waals surface area contributed by atoms with Crippen LogP contribution in [-0.2, 0) is 16.1 Å². The lowest BCUT2D eigenvalue weighted by atomic mass is 9.83. The van der Waals surface area contributed by atoms with Crippen LogP contribution in [0.2, 0.25) is 0 Å². The number of benzene rings is 1. The van der Waals surface area contributed by atoms with E-state index in [-0.39, 0.29) is 37.5 Å². The molecule has 0 unspecified atom stereocenters. The van der Waals surface area contributed by atoms with Crippen molar-refractivity contribution in [2.45, 2.75) is 95.3 Å². The first-order valence-electron chi connectivity index (χ1n) is 16.6. The van der Waals surface area contributed by atoms with E-state index in [1.54, 1.807) is 34.6 Å². The highest BCUT2D eigenvalue weighted by atomic mass is 32.1. The minimum atomic E-state index is -0.824. The number of carbonyl (C=O) groups is 3. The molecule has 3 fully saturated rings. The number of hydrogen-bond acceptors (Lipinski definition) is 8. The number of aromatic nitrogens is 2. The van der Waals surface area contributed by atoms with Crippen LogP contribution in [0, 0.1) is 5.92 Å². The zero-order chi connectivity index (χ0) is 31.0. The number of carbonyl (C=O) groups excluding carboxylic acids is 3. The molecule has 11 heteroatoms. The van der Waals surface area contributed by atoms with Gasteiger partial charge in [0.15, 0.2) is 5.75 Å². The van der Waals surface area contributed by atoms with Gasteiger partial charge < -0.3 is 25.2 Å². The lowest BCUT2D eigenvalue weighted by Gasteiger charge is -2.42. The predicted octanol–water partition coefficient (Wildman–Crippen LogP) is 5.28. The van der Waals surface area contributed by atoms with E-state index in [1.165, 1.54) is 49.8 Å². The Morgan fingerprint density at radius 1 is 0.978 bits per heavy atom. The minimum absolute atomic E-state index is 0.0267. The van der Waals surface area contributed by atoms with Gasteiger partial charge in [-0.15, -0.1) is 11.3 Å². The number of hydrogen-bond donors (Lipinski definition) is 2. The van der Waals surface area contributed by atoms with Crippen molar-refractivity contribution >= 4 is 40.1 Å². The zero-order valence-corrected chi connectivity index (χ0v) is 26.7. The smallest absolute Gasteiger partial charge is 0.408 e. The van der Waals surface area contributed by atoms with Gasteiger partial charge in [-0.3, -0.25) is 9.59 Å². The largest absolute Gasteiger partial charge is 0.415 e. The van der Waals surface area contributed by atoms with Crippen LogP contribution in [0.4, 0.5) is 4.79 Å². The maximum absolute atomic E-state index is 14.4. The molecule has 2 aliphatic carbocycles. The summed E-state index contributed by atoms with van der Waals surface area (Å²) in [6.07, 6.45) is 15.1. The Labute approximate surface area is 268 Å². The van der Waals surface area contributed by atoms with Gasteiger partial charge >= 0.3 is 6.09 Å². The summed E-state index contributed by atoms with van der Waals surface area (Å²) < 4.78 is 5.81. The molecule has 6 rings (SSSR count). The number of nitrogens with zero attached hydrogens (tertiary/aromatic N) is 4. The number of nitrogens with one attached hydrogen (secondary N) is 2. The molecule has 3 aliphatic rings. The quantitative estimate of drug-likeness (QED) is 0.330. The number of para-hydroxylation sites is 1. The van der Waals surface area contributed by atoms with Gasteiger partial charge in [0.05, 0.1) is 19.1 Å². The van der Waals surface area contributed by atoms with Crippen molar-refractivity contribution in [1.29, 1.82) is 0 Å². The molecule has 3 amide bonds. The maximum atomic E-state index is 14.4. The summed E-state index contributed by atoms with van der Waals surface area (Å²) in [5, 5.41) is 9.53. The molecule has 1 saturated heterocycles. The van der Waals surface area contributed by atoms with Crippen LogP contribution < -0.4 is 15.4 Å². The van der Waals surface area contributed by atoms with Crippen molar-refractivity contribution in [1.82, 2.24) is 30.4 Å². The average Bonchev–Trinajstić information content (AvgIpc) is 3.61. The van der Waals surface area contributed by atoms with E-state index in [0.29, 0.717) is 29.8 Å². The standard InChI is InChI=1S/C34H44N6O4S/c41-32(36-21-27-14-8-18-45-27)29-22-39(34(43)44-30-15-7-11-25-20-35-23-37-31(25)30)16-17-40(29)33(42)28(19-24-9-3-1-4-10-24)38-26-12-5-2-6-13-26/h7-8,11,14-15,18,20,23-24,26,28-29,38H,1-6,9-10,12-13,16-17,19,21-22H2,(H,36,41)/t28-,29+/m1/s1. The fraction of sp³-hybridized carbons (Fsp3) is 0.559. The molecule has 0 spiro atoms. The molecule has 2 saturated carbocycles. The van der Waals surface area contributed by atoms with Crippen molar-refractivity contribution in [3.05, 3.63) is 53.1 Å². The van der Waals surface area contributed by atoms with Crippen LogP contribution in [0.25, 0.3) is 10.9 Å². The monoisotopic (exact) mass is 632 g/mol. The fourth-order valence-corrected chi connectivity index (χ4v) is 7.76. The maximum Gasteiger partial charge on any atom is 0.415 e. The topological polar surface area (TPSA) is 117 Å². The predicted molar refractivity (Wildman–Crippen MR) is 174 cm³/mol. The third-order valence-electron chi connectivity index (χ3n) is 9.57. The summed E-state index contributed by atoms with van der Waals surface area (Å²) in [5.41, 5.74) is 0.541. The van der Waals surface area contributed by atoms with E-state index in [4.69, 9.17) is 4.74 Å². The van der Waals surface area contributed by atoms with E-state index in [2.05, 4.69) is 20.6 Å². The third-order valence-corrected chi connectivity index (χ3v) is 10.4. The minimum Gasteiger partial charge on any atom is -0.408 e. The number of rotatable bonds is 9. The summed E-state index contributed by atoms with van der Waals surface area (Å²) in [7, 11) is 0. The fourth-order valence-electron chi connectivity index (χ4n) is 7.12. The van der Waals surface area contributed by atoms with Crippen LogP contribution in [-0.4, -0.2) is 75.4 Å². The van der Waals surface area contributed by atoms with Crippen LogP contribution in [0.15, 0.2) is 48.2 Å². The molecular weight excluding hydrogens is 588 g/mol. The number of thiophene rings is 1. The first kappa shape index (κ1) is 31.4. The number of fused-ring (bicyclic) bond motifs is 1. The molecule has 2 atom stereocenters. The van der Waals surface area contributed by atoms with Gasteiger partial charge in [-0.2, -0.15) is 0 Å². The van der Waals surface area contributed by atoms with E-state index in [0.717, 1.165) is 42.4 Å². The van der Waals surface area contributed by atoms with Crippen molar-refractivity contribution < 1.29 is 19.1 Å². The molecule has 240 valence electrons. The molecule has 2 aromatic heterocycles. The van der Waals surface area contributed by atoms with Gasteiger partial charge in [-0.1, -0.05) is 69.6 Å². The highest BCUT2D eigenvalue weighted by molar-refractivity contribution is 7.09. The van der Waals surface area contributed by atoms with Gasteiger partial charge in [-0.25, -0.2) is 14.8 Å². The first-order valence-corrected chi connectivity index (χ1v) is 17.4. The highest BCUT2D eigenvalue weighted by Gasteiger charge is 2.41. The number of amides is 3. The molecule has 3 heterocycles. The molecule has 3 aromatic rings. The molecule has 0 bridgehead atoms. The normalized spacial score (nSPS) is 20.6. The average molecular weight is 633 g/mol. The van der Waals surface area contributed by atoms with Gasteiger partial charge in [0, 0.05) is 35.6 Å². The lowest BCUT2D eigenvalue weighted by Crippen LogP contribution is -2.64. The Bertz CT molecular complexity index is 1410. The summed E-state index contributed by atoms with van der Waals surface area (Å²) >= 11 is 1.57. The molecular formula is C34H44N6O4S. The van der Waals surface area contributed by atoms with Crippen LogP contribution >= 0.6 is 11.3 Å². The van der Waals surface area contributed by atoms with Crippen LogP contribution in [0.5, 0.6) is 5.75 Å². The number of piperazine rings is 1. The molecule has 0 radical (unpaired) electrons. The van der Waals surface area contributed by atoms with Crippen molar-refractivity contribution in [3.8, 4) is 5.75 Å². The zero-order valence-electron chi connectivity index (χ0n) is 25.9. The van der Waals surface area contributed by atoms with E-state index in [1.807, 2.05) is 23.6 Å². The Balaban J connectivity index is 1.20. The van der Waals surface area contributed by atoms with E-state index >= 15 is 0 Å². The van der Waals surface area contributed by atoms with E-state index in [9.17, 15) is 14.4 Å². The molecule has 1 aromatic carbocycles. The Kier molecular flexibility index (Phi) is 10.6. The van der Waals surface area contributed by atoms with Crippen LogP contribution in [0.1, 0.15) is 75.5 Å². The van der Waals surface area contributed by atoms with Crippen molar-refractivity contribution in [2.75, 3.05) is 19.6 Å². The van der Waals surface area contributed by atoms with Gasteiger partial charge in [-0.05, 0) is 42.7 Å². The summed E-state index contributed by atoms with van der Waals surface area (Å²) in [6.45, 7) is 0.968. The second kappa shape index (κ2) is 15.1. The third kappa shape index (κ3) is 7.99. The second-order valence-corrected chi connectivity index (χ2v) is 13.7. The molecule has 2 N–H and O–H groups in total. The van der Waals surface area contributed by atoms with Gasteiger partial charge in [0.25, 0.3) is 0 Å². The molecule has 10 nitrogen and oxygen atoms in total. The number of ether oxygens (including phenoxy) is 1. The molecule has 1 aliphatic heterocycles. The Morgan fingerprint density at radius 2 is 1.78 bits per heavy atom. The Morgan fingerprint density at radius 3 is 2.56 bits per heavy atom. The van der Waals surface area contributed by atoms with Crippen molar-refractivity contribution in [3.63, 3.8) is 0 Å². The summed E-state index contributed by atoms with van der Waals surface area (Å²) in [4.78, 5) is 54.3. The van der Waals surface area contributed by atoms with Crippen LogP contribution in [0.3, 0.4) is 0 Å². The Hall–Kier alpha value is -3.57. The molecule has 45 heavy (non-hydrogen) atoms. The summed E-state index contributed by atoms with van der Waals surface area (Å²) in [6, 6.07) is 8.43. The first-order chi connectivity index (χ1) is 22.0. The second-order valence-electron chi connectivity index (χ2n) is 12.7.